The zero-order valence-corrected chi connectivity index (χ0v) is 23.9. The lowest BCUT2D eigenvalue weighted by Crippen LogP contribution is -2.00. The van der Waals surface area contributed by atoms with Gasteiger partial charge in [-0.25, -0.2) is 0 Å². The molecule has 0 unspecified atom stereocenters. The summed E-state index contributed by atoms with van der Waals surface area (Å²) in [6.07, 6.45) is 0. The molecule has 3 aromatic heterocycles. The lowest BCUT2D eigenvalue weighted by Gasteiger charge is -2.16. The van der Waals surface area contributed by atoms with Gasteiger partial charge in [-0.2, -0.15) is 0 Å². The maximum atomic E-state index is 9.03. The Morgan fingerprint density at radius 3 is 1.73 bits per heavy atom. The molecule has 0 aliphatic carbocycles. The SMILES string of the molecule is [2H]c1c([2H])c([2H])c(-c2ccc3oc4ccccc4c3c2-n2c3ccccc3c3ccc(-n4c5ccccc5c5ccccc54)cc32)c([2H])c1[2H]. The van der Waals surface area contributed by atoms with Gasteiger partial charge in [-0.1, -0.05) is 109 Å². The molecule has 3 heterocycles. The van der Waals surface area contributed by atoms with Gasteiger partial charge in [0.2, 0.25) is 0 Å². The summed E-state index contributed by atoms with van der Waals surface area (Å²) >= 11 is 0. The van der Waals surface area contributed by atoms with Gasteiger partial charge in [0.05, 0.1) is 40.0 Å². The van der Waals surface area contributed by atoms with Crippen LogP contribution in [0.1, 0.15) is 6.85 Å². The molecule has 10 aromatic rings. The highest BCUT2D eigenvalue weighted by molar-refractivity contribution is 6.17. The maximum Gasteiger partial charge on any atom is 0.137 e. The normalized spacial score (nSPS) is 13.6. The highest BCUT2D eigenvalue weighted by Crippen LogP contribution is 2.44. The summed E-state index contributed by atoms with van der Waals surface area (Å²) in [6.45, 7) is 0. The Kier molecular flexibility index (Phi) is 4.10. The number of furan rings is 1. The van der Waals surface area contributed by atoms with Gasteiger partial charge in [0, 0.05) is 38.2 Å². The summed E-state index contributed by atoms with van der Waals surface area (Å²) in [7, 11) is 0. The first-order chi connectivity index (χ1) is 24.4. The molecular weight excluding hydrogens is 548 g/mol. The molecule has 0 fully saturated rings. The highest BCUT2D eigenvalue weighted by atomic mass is 16.3. The highest BCUT2D eigenvalue weighted by Gasteiger charge is 2.22. The van der Waals surface area contributed by atoms with E-state index in [-0.39, 0.29) is 29.7 Å². The van der Waals surface area contributed by atoms with Gasteiger partial charge in [-0.15, -0.1) is 0 Å². The Balaban J connectivity index is 1.40. The summed E-state index contributed by atoms with van der Waals surface area (Å²) in [4.78, 5) is 0. The number of hydrogen-bond donors (Lipinski definition) is 0. The fourth-order valence-corrected chi connectivity index (χ4v) is 7.16. The first-order valence-electron chi connectivity index (χ1n) is 17.5. The first kappa shape index (κ1) is 20.0. The smallest absolute Gasteiger partial charge is 0.137 e. The summed E-state index contributed by atoms with van der Waals surface area (Å²) in [6, 6.07) is 41.4. The molecule has 0 amide bonds. The standard InChI is InChI=1S/C42H26N2O/c1-2-12-27(13-3-1)29-24-25-40-41(34-17-7-11-21-39(34)45-40)42(29)44-37-20-10-6-16-32(37)33-23-22-28(26-38(33)44)43-35-18-8-4-14-30(35)31-15-5-9-19-36(31)43/h1-26H/i1D,2D,3D,12D,13D. The molecule has 0 saturated carbocycles. The number of para-hydroxylation sites is 4. The van der Waals surface area contributed by atoms with E-state index in [1.165, 1.54) is 10.8 Å². The van der Waals surface area contributed by atoms with Crippen LogP contribution >= 0.6 is 0 Å². The second-order valence-corrected chi connectivity index (χ2v) is 11.4. The minimum absolute atomic E-state index is 0.141. The monoisotopic (exact) mass is 579 g/mol. The van der Waals surface area contributed by atoms with E-state index in [1.807, 2.05) is 48.5 Å². The van der Waals surface area contributed by atoms with E-state index in [4.69, 9.17) is 11.3 Å². The van der Waals surface area contributed by atoms with E-state index in [0.717, 1.165) is 49.3 Å². The van der Waals surface area contributed by atoms with Crippen LogP contribution in [0.15, 0.2) is 162 Å². The van der Waals surface area contributed by atoms with Crippen LogP contribution in [0, 0.1) is 0 Å². The minimum Gasteiger partial charge on any atom is -0.456 e. The number of aromatic nitrogens is 2. The Labute approximate surface area is 265 Å². The molecule has 7 aromatic carbocycles. The number of fused-ring (bicyclic) bond motifs is 9. The lowest BCUT2D eigenvalue weighted by molar-refractivity contribution is 0.669. The van der Waals surface area contributed by atoms with E-state index in [1.54, 1.807) is 0 Å². The van der Waals surface area contributed by atoms with Crippen molar-refractivity contribution in [3.63, 3.8) is 0 Å². The van der Waals surface area contributed by atoms with Crippen molar-refractivity contribution < 1.29 is 11.3 Å². The molecule has 0 N–H and O–H groups in total. The van der Waals surface area contributed by atoms with Crippen LogP contribution in [0.25, 0.3) is 88.1 Å². The Morgan fingerprint density at radius 1 is 0.467 bits per heavy atom. The molecule has 3 nitrogen and oxygen atoms in total. The third-order valence-corrected chi connectivity index (χ3v) is 9.00. The van der Waals surface area contributed by atoms with Crippen LogP contribution < -0.4 is 0 Å². The van der Waals surface area contributed by atoms with Crippen LogP contribution in [0.2, 0.25) is 0 Å². The second-order valence-electron chi connectivity index (χ2n) is 11.4. The largest absolute Gasteiger partial charge is 0.456 e. The molecule has 0 radical (unpaired) electrons. The van der Waals surface area contributed by atoms with Crippen molar-refractivity contribution >= 4 is 65.6 Å². The van der Waals surface area contributed by atoms with Crippen molar-refractivity contribution in [2.45, 2.75) is 0 Å². The Bertz CT molecular complexity index is 2980. The number of rotatable bonds is 3. The third kappa shape index (κ3) is 3.41. The van der Waals surface area contributed by atoms with E-state index >= 15 is 0 Å². The van der Waals surface area contributed by atoms with Crippen molar-refractivity contribution in [2.75, 3.05) is 0 Å². The molecule has 0 atom stereocenters. The van der Waals surface area contributed by atoms with Crippen LogP contribution in [-0.4, -0.2) is 9.13 Å². The maximum absolute atomic E-state index is 9.03. The number of nitrogens with zero attached hydrogens (tertiary/aromatic N) is 2. The van der Waals surface area contributed by atoms with Gasteiger partial charge >= 0.3 is 0 Å². The molecular formula is C42H26N2O. The Hall–Kier alpha value is -6.06. The van der Waals surface area contributed by atoms with Crippen molar-refractivity contribution in [1.82, 2.24) is 9.13 Å². The van der Waals surface area contributed by atoms with Gasteiger partial charge in [-0.3, -0.25) is 0 Å². The topological polar surface area (TPSA) is 23.0 Å². The van der Waals surface area contributed by atoms with Gasteiger partial charge in [0.25, 0.3) is 0 Å². The average molecular weight is 580 g/mol. The van der Waals surface area contributed by atoms with Crippen LogP contribution in [0.5, 0.6) is 0 Å². The van der Waals surface area contributed by atoms with Gasteiger partial charge in [-0.05, 0) is 54.1 Å². The lowest BCUT2D eigenvalue weighted by atomic mass is 9.99. The van der Waals surface area contributed by atoms with Gasteiger partial charge in [0.1, 0.15) is 11.2 Å². The Morgan fingerprint density at radius 2 is 1.04 bits per heavy atom. The van der Waals surface area contributed by atoms with Crippen molar-refractivity contribution in [1.29, 1.82) is 0 Å². The van der Waals surface area contributed by atoms with Gasteiger partial charge in [0.15, 0.2) is 0 Å². The van der Waals surface area contributed by atoms with Crippen molar-refractivity contribution in [3.05, 3.63) is 158 Å². The molecule has 210 valence electrons. The fraction of sp³-hybridized carbons (Fsp3) is 0. The van der Waals surface area contributed by atoms with Crippen LogP contribution in [0.4, 0.5) is 0 Å². The van der Waals surface area contributed by atoms with E-state index in [0.29, 0.717) is 22.4 Å². The second kappa shape index (κ2) is 9.22. The molecule has 0 aliphatic heterocycles. The molecule has 0 aliphatic rings. The predicted octanol–water partition coefficient (Wildman–Crippen LogP) is 11.4. The quantitative estimate of drug-likeness (QED) is 0.204. The molecule has 0 spiro atoms. The van der Waals surface area contributed by atoms with E-state index in [9.17, 15) is 0 Å². The van der Waals surface area contributed by atoms with Crippen LogP contribution in [0.3, 0.4) is 0 Å². The average Bonchev–Trinajstić information content (AvgIpc) is 3.81. The molecule has 0 bridgehead atoms. The summed E-state index contributed by atoms with van der Waals surface area (Å²) in [5.74, 6) is 0. The van der Waals surface area contributed by atoms with E-state index < -0.39 is 6.04 Å². The van der Waals surface area contributed by atoms with Crippen LogP contribution in [-0.2, 0) is 0 Å². The zero-order chi connectivity index (χ0) is 33.8. The summed E-state index contributed by atoms with van der Waals surface area (Å²) in [5.41, 5.74) is 7.70. The van der Waals surface area contributed by atoms with Crippen molar-refractivity contribution in [2.24, 2.45) is 0 Å². The molecule has 0 saturated heterocycles. The zero-order valence-electron chi connectivity index (χ0n) is 28.9. The predicted molar refractivity (Wildman–Crippen MR) is 188 cm³/mol. The van der Waals surface area contributed by atoms with Crippen molar-refractivity contribution in [3.8, 4) is 22.5 Å². The third-order valence-electron chi connectivity index (χ3n) is 9.00. The summed E-state index contributed by atoms with van der Waals surface area (Å²) < 4.78 is 54.4. The number of benzene rings is 7. The van der Waals surface area contributed by atoms with E-state index in [2.05, 4.69) is 88.0 Å². The molecule has 3 heteroatoms. The summed E-state index contributed by atoms with van der Waals surface area (Å²) in [5, 5.41) is 6.07. The minimum atomic E-state index is -0.423. The fourth-order valence-electron chi connectivity index (χ4n) is 7.16. The molecule has 10 rings (SSSR count). The number of hydrogen-bond acceptors (Lipinski definition) is 1. The first-order valence-corrected chi connectivity index (χ1v) is 15.0. The van der Waals surface area contributed by atoms with Gasteiger partial charge < -0.3 is 13.6 Å². The molecule has 45 heavy (non-hydrogen) atoms.